The smallest absolute Gasteiger partial charge is 0.258 e. The quantitative estimate of drug-likeness (QED) is 0.856. The van der Waals surface area contributed by atoms with Crippen molar-refractivity contribution < 1.29 is 4.79 Å². The Morgan fingerprint density at radius 1 is 1.00 bits per heavy atom. The lowest BCUT2D eigenvalue weighted by molar-refractivity contribution is 0.0947. The summed E-state index contributed by atoms with van der Waals surface area (Å²) in [4.78, 5) is 25.4. The molecule has 2 saturated carbocycles. The van der Waals surface area contributed by atoms with Crippen LogP contribution < -0.4 is 10.9 Å². The molecule has 4 rings (SSSR count). The third-order valence-corrected chi connectivity index (χ3v) is 5.68. The molecule has 2 aliphatic carbocycles. The van der Waals surface area contributed by atoms with Crippen molar-refractivity contribution in [1.82, 2.24) is 9.88 Å². The number of hydrogen-bond donors (Lipinski definition) is 1. The Morgan fingerprint density at radius 2 is 1.76 bits per heavy atom. The van der Waals surface area contributed by atoms with Gasteiger partial charge in [0, 0.05) is 35.1 Å². The molecule has 132 valence electrons. The van der Waals surface area contributed by atoms with E-state index >= 15 is 0 Å². The van der Waals surface area contributed by atoms with Crippen LogP contribution in [0, 0.1) is 5.92 Å². The minimum atomic E-state index is -0.0570. The van der Waals surface area contributed by atoms with Gasteiger partial charge in [-0.05, 0) is 49.8 Å². The molecule has 0 radical (unpaired) electrons. The highest BCUT2D eigenvalue weighted by atomic mass is 16.1. The molecule has 2 aromatic rings. The summed E-state index contributed by atoms with van der Waals surface area (Å²) in [5, 5.41) is 4.53. The summed E-state index contributed by atoms with van der Waals surface area (Å²) in [5.74, 6) is 0.534. The van der Waals surface area contributed by atoms with Gasteiger partial charge in [-0.25, -0.2) is 0 Å². The van der Waals surface area contributed by atoms with E-state index < -0.39 is 0 Å². The third kappa shape index (κ3) is 3.48. The number of carbonyl (C=O) groups excluding carboxylic acids is 1. The lowest BCUT2D eigenvalue weighted by atomic mass is 10.00. The first kappa shape index (κ1) is 16.4. The van der Waals surface area contributed by atoms with Gasteiger partial charge < -0.3 is 9.88 Å². The maximum Gasteiger partial charge on any atom is 0.258 e. The van der Waals surface area contributed by atoms with Crippen LogP contribution in [0.15, 0.2) is 35.3 Å². The highest BCUT2D eigenvalue weighted by Gasteiger charge is 2.25. The molecule has 1 aromatic heterocycles. The number of hydrogen-bond acceptors (Lipinski definition) is 2. The molecule has 1 N–H and O–H groups in total. The molecule has 1 amide bonds. The van der Waals surface area contributed by atoms with Gasteiger partial charge in [0.1, 0.15) is 0 Å². The predicted octanol–water partition coefficient (Wildman–Crippen LogP) is 4.04. The van der Waals surface area contributed by atoms with Crippen LogP contribution in [0.5, 0.6) is 0 Å². The molecule has 0 aliphatic heterocycles. The van der Waals surface area contributed by atoms with Crippen molar-refractivity contribution in [1.29, 1.82) is 0 Å². The lowest BCUT2D eigenvalue weighted by Crippen LogP contribution is -2.29. The van der Waals surface area contributed by atoms with Gasteiger partial charge >= 0.3 is 0 Å². The minimum Gasteiger partial charge on any atom is -0.352 e. The van der Waals surface area contributed by atoms with E-state index in [1.165, 1.54) is 38.5 Å². The number of benzene rings is 1. The number of aromatic nitrogens is 1. The molecule has 4 nitrogen and oxygen atoms in total. The highest BCUT2D eigenvalue weighted by molar-refractivity contribution is 6.06. The van der Waals surface area contributed by atoms with Crippen molar-refractivity contribution in [2.75, 3.05) is 6.54 Å². The maximum atomic E-state index is 12.7. The SMILES string of the molecule is O=C(NCC1CCCCCC1)c1cccc2c(=O)n(C3CC3)ccc12. The summed E-state index contributed by atoms with van der Waals surface area (Å²) in [6.45, 7) is 0.744. The molecule has 2 fully saturated rings. The first-order valence-corrected chi connectivity index (χ1v) is 9.66. The molecule has 1 aromatic carbocycles. The number of fused-ring (bicyclic) bond motifs is 1. The fraction of sp³-hybridized carbons (Fsp3) is 0.524. The van der Waals surface area contributed by atoms with E-state index in [4.69, 9.17) is 0 Å². The van der Waals surface area contributed by atoms with Gasteiger partial charge in [-0.1, -0.05) is 31.7 Å². The minimum absolute atomic E-state index is 0.0263. The van der Waals surface area contributed by atoms with Crippen molar-refractivity contribution in [3.05, 3.63) is 46.4 Å². The molecule has 1 heterocycles. The monoisotopic (exact) mass is 338 g/mol. The van der Waals surface area contributed by atoms with Crippen molar-refractivity contribution in [3.8, 4) is 0 Å². The molecular formula is C21H26N2O2. The maximum absolute atomic E-state index is 12.7. The average molecular weight is 338 g/mol. The number of pyridine rings is 1. The van der Waals surface area contributed by atoms with Crippen LogP contribution >= 0.6 is 0 Å². The van der Waals surface area contributed by atoms with Crippen LogP contribution in [0.25, 0.3) is 10.8 Å². The van der Waals surface area contributed by atoms with Crippen LogP contribution in [-0.4, -0.2) is 17.0 Å². The van der Waals surface area contributed by atoms with Gasteiger partial charge in [-0.2, -0.15) is 0 Å². The largest absolute Gasteiger partial charge is 0.352 e. The fourth-order valence-corrected chi connectivity index (χ4v) is 4.03. The summed E-state index contributed by atoms with van der Waals surface area (Å²) in [5.41, 5.74) is 0.643. The van der Waals surface area contributed by atoms with Gasteiger partial charge in [0.25, 0.3) is 11.5 Å². The van der Waals surface area contributed by atoms with Gasteiger partial charge in [0.05, 0.1) is 0 Å². The van der Waals surface area contributed by atoms with Crippen LogP contribution in [-0.2, 0) is 0 Å². The molecule has 0 atom stereocenters. The second-order valence-electron chi connectivity index (χ2n) is 7.59. The summed E-state index contributed by atoms with van der Waals surface area (Å²) >= 11 is 0. The first-order valence-electron chi connectivity index (χ1n) is 9.66. The fourth-order valence-electron chi connectivity index (χ4n) is 4.03. The van der Waals surface area contributed by atoms with E-state index in [0.717, 1.165) is 24.8 Å². The predicted molar refractivity (Wildman–Crippen MR) is 100 cm³/mol. The summed E-state index contributed by atoms with van der Waals surface area (Å²) in [6.07, 6.45) is 11.6. The molecule has 2 aliphatic rings. The van der Waals surface area contributed by atoms with Crippen LogP contribution in [0.4, 0.5) is 0 Å². The topological polar surface area (TPSA) is 51.1 Å². The van der Waals surface area contributed by atoms with Crippen LogP contribution in [0.3, 0.4) is 0 Å². The summed E-state index contributed by atoms with van der Waals surface area (Å²) < 4.78 is 1.82. The number of nitrogens with one attached hydrogen (secondary N) is 1. The molecule has 0 bridgehead atoms. The van der Waals surface area contributed by atoms with Gasteiger partial charge in [0.15, 0.2) is 0 Å². The first-order chi connectivity index (χ1) is 12.2. The Balaban J connectivity index is 1.54. The molecule has 0 unspecified atom stereocenters. The highest BCUT2D eigenvalue weighted by Crippen LogP contribution is 2.33. The van der Waals surface area contributed by atoms with Gasteiger partial charge in [-0.15, -0.1) is 0 Å². The van der Waals surface area contributed by atoms with Gasteiger partial charge in [0.2, 0.25) is 0 Å². The Morgan fingerprint density at radius 3 is 2.48 bits per heavy atom. The van der Waals surface area contributed by atoms with Crippen molar-refractivity contribution in [2.45, 2.75) is 57.4 Å². The van der Waals surface area contributed by atoms with E-state index in [2.05, 4.69) is 5.32 Å². The Kier molecular flexibility index (Phi) is 4.60. The standard InChI is InChI=1S/C21H26N2O2/c24-20(22-14-15-6-3-1-2-4-7-15)18-8-5-9-19-17(18)12-13-23(21(19)25)16-10-11-16/h5,8-9,12-13,15-16H,1-4,6-7,10-11,14H2,(H,22,24). The molecular weight excluding hydrogens is 312 g/mol. The van der Waals surface area contributed by atoms with E-state index in [0.29, 0.717) is 22.9 Å². The lowest BCUT2D eigenvalue weighted by Gasteiger charge is -2.15. The second-order valence-corrected chi connectivity index (χ2v) is 7.59. The molecule has 0 spiro atoms. The normalized spacial score (nSPS) is 18.9. The third-order valence-electron chi connectivity index (χ3n) is 5.68. The molecule has 25 heavy (non-hydrogen) atoms. The number of amides is 1. The van der Waals surface area contributed by atoms with E-state index in [-0.39, 0.29) is 11.5 Å². The van der Waals surface area contributed by atoms with Gasteiger partial charge in [-0.3, -0.25) is 9.59 Å². The zero-order valence-corrected chi connectivity index (χ0v) is 14.7. The number of carbonyl (C=O) groups is 1. The van der Waals surface area contributed by atoms with Crippen molar-refractivity contribution >= 4 is 16.7 Å². The molecule has 0 saturated heterocycles. The van der Waals surface area contributed by atoms with Crippen molar-refractivity contribution in [3.63, 3.8) is 0 Å². The number of rotatable bonds is 4. The summed E-state index contributed by atoms with van der Waals surface area (Å²) in [7, 11) is 0. The van der Waals surface area contributed by atoms with E-state index in [9.17, 15) is 9.59 Å². The Labute approximate surface area is 148 Å². The molecule has 4 heteroatoms. The average Bonchev–Trinajstić information content (AvgIpc) is 3.47. The summed E-state index contributed by atoms with van der Waals surface area (Å²) in [6, 6.07) is 7.76. The van der Waals surface area contributed by atoms with E-state index in [1.54, 1.807) is 0 Å². The Bertz CT molecular complexity index is 827. The van der Waals surface area contributed by atoms with E-state index in [1.807, 2.05) is 35.0 Å². The van der Waals surface area contributed by atoms with Crippen molar-refractivity contribution in [2.24, 2.45) is 5.92 Å². The zero-order chi connectivity index (χ0) is 17.2. The van der Waals surface area contributed by atoms with Crippen LogP contribution in [0.2, 0.25) is 0 Å². The number of nitrogens with zero attached hydrogens (tertiary/aromatic N) is 1. The Hall–Kier alpha value is -2.10. The zero-order valence-electron chi connectivity index (χ0n) is 14.7. The second kappa shape index (κ2) is 7.03. The van der Waals surface area contributed by atoms with Crippen LogP contribution in [0.1, 0.15) is 67.8 Å².